The van der Waals surface area contributed by atoms with Gasteiger partial charge >= 0.3 is 5.97 Å². The molecule has 1 heterocycles. The first-order valence-corrected chi connectivity index (χ1v) is 8.98. The third kappa shape index (κ3) is 2.75. The number of carboxylic acids is 1. The van der Waals surface area contributed by atoms with Crippen molar-refractivity contribution in [2.75, 3.05) is 0 Å². The normalized spacial score (nSPS) is 22.7. The van der Waals surface area contributed by atoms with Gasteiger partial charge in [0.25, 0.3) is 0 Å². The number of aromatic nitrogens is 1. The minimum atomic E-state index is -1.35. The zero-order valence-electron chi connectivity index (χ0n) is 13.9. The number of carbonyl (C=O) groups is 1. The number of nitrogens with two attached hydrogens (primary N) is 1. The van der Waals surface area contributed by atoms with Crippen molar-refractivity contribution in [3.8, 4) is 5.75 Å². The van der Waals surface area contributed by atoms with E-state index in [1.807, 2.05) is 0 Å². The maximum absolute atomic E-state index is 14.7. The van der Waals surface area contributed by atoms with E-state index in [0.29, 0.717) is 11.9 Å². The standard InChI is InChI=1S/C18H18ClFN2O4/c19-14-15-9(6-11(20)17(14)26-13-3-1-2-12(13)21)16(23)10(18(24)25)7-22(15)8-4-5-8/h6-8,12-13H,1-5,21H2,(H,24,25)/t12-,13-/m1/s1. The van der Waals surface area contributed by atoms with Gasteiger partial charge < -0.3 is 20.1 Å². The highest BCUT2D eigenvalue weighted by Gasteiger charge is 2.32. The number of rotatable bonds is 4. The predicted octanol–water partition coefficient (Wildman–Crippen LogP) is 3.09. The number of ether oxygens (including phenoxy) is 1. The van der Waals surface area contributed by atoms with Crippen LogP contribution in [0, 0.1) is 5.82 Å². The fraction of sp³-hybridized carbons (Fsp3) is 0.444. The summed E-state index contributed by atoms with van der Waals surface area (Å²) in [6.45, 7) is 0. The van der Waals surface area contributed by atoms with Gasteiger partial charge in [-0.05, 0) is 38.2 Å². The number of hydrogen-bond donors (Lipinski definition) is 2. The van der Waals surface area contributed by atoms with Crippen molar-refractivity contribution in [1.82, 2.24) is 4.57 Å². The van der Waals surface area contributed by atoms with Crippen LogP contribution < -0.4 is 15.9 Å². The van der Waals surface area contributed by atoms with Crippen molar-refractivity contribution in [3.05, 3.63) is 38.9 Å². The van der Waals surface area contributed by atoms with Crippen molar-refractivity contribution < 1.29 is 19.0 Å². The maximum atomic E-state index is 14.7. The van der Waals surface area contributed by atoms with Crippen molar-refractivity contribution in [2.45, 2.75) is 50.3 Å². The molecular formula is C18H18ClFN2O4. The zero-order chi connectivity index (χ0) is 18.6. The Hall–Kier alpha value is -2.12. The fourth-order valence-corrected chi connectivity index (χ4v) is 3.91. The quantitative estimate of drug-likeness (QED) is 0.849. The van der Waals surface area contributed by atoms with Crippen LogP contribution in [-0.4, -0.2) is 27.8 Å². The number of hydrogen-bond acceptors (Lipinski definition) is 4. The second-order valence-corrected chi connectivity index (χ2v) is 7.34. The molecule has 4 rings (SSSR count). The van der Waals surface area contributed by atoms with E-state index in [1.165, 1.54) is 6.20 Å². The maximum Gasteiger partial charge on any atom is 0.341 e. The molecular weight excluding hydrogens is 363 g/mol. The van der Waals surface area contributed by atoms with E-state index in [2.05, 4.69) is 0 Å². The second kappa shape index (κ2) is 6.25. The molecule has 2 saturated carbocycles. The highest BCUT2D eigenvalue weighted by Crippen LogP contribution is 2.42. The molecule has 26 heavy (non-hydrogen) atoms. The smallest absolute Gasteiger partial charge is 0.341 e. The molecule has 0 spiro atoms. The Morgan fingerprint density at radius 3 is 2.65 bits per heavy atom. The average Bonchev–Trinajstić information content (AvgIpc) is 3.35. The lowest BCUT2D eigenvalue weighted by molar-refractivity contribution is 0.0695. The first-order valence-electron chi connectivity index (χ1n) is 8.61. The van der Waals surface area contributed by atoms with Gasteiger partial charge in [-0.2, -0.15) is 0 Å². The molecule has 0 unspecified atom stereocenters. The molecule has 2 aromatic rings. The summed E-state index contributed by atoms with van der Waals surface area (Å²) >= 11 is 6.44. The number of fused-ring (bicyclic) bond motifs is 1. The van der Waals surface area contributed by atoms with Crippen LogP contribution in [0.2, 0.25) is 5.02 Å². The summed E-state index contributed by atoms with van der Waals surface area (Å²) < 4.78 is 22.1. The van der Waals surface area contributed by atoms with Gasteiger partial charge in [0, 0.05) is 18.3 Å². The van der Waals surface area contributed by atoms with Crippen molar-refractivity contribution in [3.63, 3.8) is 0 Å². The molecule has 3 N–H and O–H groups in total. The van der Waals surface area contributed by atoms with Crippen LogP contribution in [0.1, 0.15) is 48.5 Å². The molecule has 138 valence electrons. The monoisotopic (exact) mass is 380 g/mol. The van der Waals surface area contributed by atoms with Crippen molar-refractivity contribution >= 4 is 28.5 Å². The molecule has 6 nitrogen and oxygen atoms in total. The van der Waals surface area contributed by atoms with E-state index in [0.717, 1.165) is 31.7 Å². The van der Waals surface area contributed by atoms with Crippen molar-refractivity contribution in [2.24, 2.45) is 5.73 Å². The SMILES string of the molecule is N[C@@H]1CCC[C@H]1Oc1c(F)cc2c(=O)c(C(=O)O)cn(C3CC3)c2c1Cl. The molecule has 0 bridgehead atoms. The van der Waals surface area contributed by atoms with E-state index in [-0.39, 0.29) is 34.3 Å². The van der Waals surface area contributed by atoms with Crippen LogP contribution in [0.25, 0.3) is 10.9 Å². The second-order valence-electron chi connectivity index (χ2n) is 6.96. The molecule has 2 fully saturated rings. The Bertz CT molecular complexity index is 970. The van der Waals surface area contributed by atoms with Crippen LogP contribution >= 0.6 is 11.6 Å². The van der Waals surface area contributed by atoms with E-state index < -0.39 is 22.8 Å². The van der Waals surface area contributed by atoms with Gasteiger partial charge in [-0.3, -0.25) is 4.79 Å². The van der Waals surface area contributed by atoms with E-state index in [1.54, 1.807) is 4.57 Å². The molecule has 1 aromatic carbocycles. The minimum absolute atomic E-state index is 0.0139. The predicted molar refractivity (Wildman–Crippen MR) is 94.6 cm³/mol. The fourth-order valence-electron chi connectivity index (χ4n) is 3.58. The summed E-state index contributed by atoms with van der Waals surface area (Å²) in [6, 6.07) is 0.868. The number of pyridine rings is 1. The van der Waals surface area contributed by atoms with Crippen molar-refractivity contribution in [1.29, 1.82) is 0 Å². The van der Waals surface area contributed by atoms with Gasteiger partial charge in [0.1, 0.15) is 16.7 Å². The Morgan fingerprint density at radius 1 is 1.35 bits per heavy atom. The highest BCUT2D eigenvalue weighted by atomic mass is 35.5. The van der Waals surface area contributed by atoms with Crippen LogP contribution in [0.15, 0.2) is 17.1 Å². The third-order valence-electron chi connectivity index (χ3n) is 5.11. The molecule has 0 aliphatic heterocycles. The summed E-state index contributed by atoms with van der Waals surface area (Å²) in [5, 5.41) is 9.22. The van der Waals surface area contributed by atoms with Crippen LogP contribution in [-0.2, 0) is 0 Å². The lowest BCUT2D eigenvalue weighted by Gasteiger charge is -2.21. The Balaban J connectivity index is 1.93. The lowest BCUT2D eigenvalue weighted by Crippen LogP contribution is -2.34. The molecule has 0 saturated heterocycles. The van der Waals surface area contributed by atoms with Crippen LogP contribution in [0.3, 0.4) is 0 Å². The Morgan fingerprint density at radius 2 is 2.08 bits per heavy atom. The van der Waals surface area contributed by atoms with E-state index >= 15 is 0 Å². The number of benzene rings is 1. The Kier molecular flexibility index (Phi) is 4.16. The Labute approximate surface area is 153 Å². The number of nitrogens with zero attached hydrogens (tertiary/aromatic N) is 1. The first kappa shape index (κ1) is 17.3. The highest BCUT2D eigenvalue weighted by molar-refractivity contribution is 6.36. The van der Waals surface area contributed by atoms with Gasteiger partial charge in [-0.25, -0.2) is 9.18 Å². The summed E-state index contributed by atoms with van der Waals surface area (Å²) in [7, 11) is 0. The minimum Gasteiger partial charge on any atom is -0.484 e. The molecule has 8 heteroatoms. The summed E-state index contributed by atoms with van der Waals surface area (Å²) in [6.07, 6.45) is 5.04. The van der Waals surface area contributed by atoms with Gasteiger partial charge in [-0.1, -0.05) is 11.6 Å². The third-order valence-corrected chi connectivity index (χ3v) is 5.46. The molecule has 2 aliphatic rings. The van der Waals surface area contributed by atoms with Gasteiger partial charge in [0.05, 0.1) is 10.9 Å². The van der Waals surface area contributed by atoms with Crippen LogP contribution in [0.5, 0.6) is 5.75 Å². The topological polar surface area (TPSA) is 94.6 Å². The van der Waals surface area contributed by atoms with E-state index in [9.17, 15) is 19.1 Å². The molecule has 1 aromatic heterocycles. The summed E-state index contributed by atoms with van der Waals surface area (Å²) in [5.41, 5.74) is 5.15. The van der Waals surface area contributed by atoms with Gasteiger partial charge in [-0.15, -0.1) is 0 Å². The van der Waals surface area contributed by atoms with Gasteiger partial charge in [0.15, 0.2) is 11.6 Å². The van der Waals surface area contributed by atoms with Gasteiger partial charge in [0.2, 0.25) is 5.43 Å². The average molecular weight is 381 g/mol. The molecule has 0 amide bonds. The molecule has 2 atom stereocenters. The van der Waals surface area contributed by atoms with E-state index in [4.69, 9.17) is 22.1 Å². The largest absolute Gasteiger partial charge is 0.484 e. The summed E-state index contributed by atoms with van der Waals surface area (Å²) in [5.74, 6) is -2.26. The lowest BCUT2D eigenvalue weighted by atomic mass is 10.1. The first-order chi connectivity index (χ1) is 12.4. The number of halogens is 2. The zero-order valence-corrected chi connectivity index (χ0v) is 14.6. The molecule has 2 aliphatic carbocycles. The molecule has 0 radical (unpaired) electrons. The van der Waals surface area contributed by atoms with Crippen LogP contribution in [0.4, 0.5) is 4.39 Å². The summed E-state index contributed by atoms with van der Waals surface area (Å²) in [4.78, 5) is 23.9. The number of carboxylic acid groups (broad SMARTS) is 1. The number of aromatic carboxylic acids is 1.